The quantitative estimate of drug-likeness (QED) is 0.0852. The van der Waals surface area contributed by atoms with Crippen molar-refractivity contribution in [2.24, 2.45) is 0 Å². The lowest BCUT2D eigenvalue weighted by Crippen LogP contribution is -2.26. The summed E-state index contributed by atoms with van der Waals surface area (Å²) in [5, 5.41) is 31.5. The van der Waals surface area contributed by atoms with E-state index in [4.69, 9.17) is 0 Å². The van der Waals surface area contributed by atoms with Crippen LogP contribution in [0.1, 0.15) is 83.4 Å². The summed E-state index contributed by atoms with van der Waals surface area (Å²) in [5.74, 6) is -2.80. The monoisotopic (exact) mass is 727 g/mol. The molecule has 0 saturated heterocycles. The lowest BCUT2D eigenvalue weighted by atomic mass is 9.95. The number of benzene rings is 5. The van der Waals surface area contributed by atoms with Gasteiger partial charge in [0.2, 0.25) is 0 Å². The second-order valence-electron chi connectivity index (χ2n) is 13.9. The number of aromatic carboxylic acids is 1. The zero-order chi connectivity index (χ0) is 37.1. The van der Waals surface area contributed by atoms with Crippen molar-refractivity contribution in [2.75, 3.05) is 4.90 Å². The molecule has 3 N–H and O–H groups in total. The van der Waals surface area contributed by atoms with Crippen LogP contribution in [0.4, 0.5) is 11.4 Å². The highest BCUT2D eigenvalue weighted by Gasteiger charge is 2.42. The number of ketones is 2. The number of carbonyl (C=O) groups is 3. The number of hydrogen-bond acceptors (Lipinski definition) is 7. The zero-order valence-electron chi connectivity index (χ0n) is 28.9. The molecule has 2 heterocycles. The van der Waals surface area contributed by atoms with Crippen LogP contribution in [0, 0.1) is 0 Å². The van der Waals surface area contributed by atoms with Crippen LogP contribution >= 0.6 is 11.3 Å². The molecule has 2 atom stereocenters. The van der Waals surface area contributed by atoms with Crippen molar-refractivity contribution in [3.05, 3.63) is 171 Å². The fraction of sp³-hybridized carbons (Fsp3) is 0.109. The van der Waals surface area contributed by atoms with Crippen LogP contribution in [0.3, 0.4) is 0 Å². The summed E-state index contributed by atoms with van der Waals surface area (Å²) >= 11 is 1.09. The Morgan fingerprint density at radius 3 is 2.09 bits per heavy atom. The number of nitrogens with zero attached hydrogens (tertiary/aromatic N) is 1. The number of carbonyl (C=O) groups excluding carboxylic acids is 2. The Hall–Kier alpha value is -6.51. The summed E-state index contributed by atoms with van der Waals surface area (Å²) in [4.78, 5) is 40.8. The molecule has 264 valence electrons. The molecular weight excluding hydrogens is 695 g/mol. The van der Waals surface area contributed by atoms with Gasteiger partial charge in [-0.05, 0) is 101 Å². The number of allylic oxidation sites excluding steroid dienone is 1. The summed E-state index contributed by atoms with van der Waals surface area (Å²) in [6, 6.07) is 39.8. The van der Waals surface area contributed by atoms with Gasteiger partial charge in [0.1, 0.15) is 0 Å². The summed E-state index contributed by atoms with van der Waals surface area (Å²) in [6.07, 6.45) is 6.73. The van der Waals surface area contributed by atoms with Gasteiger partial charge in [-0.25, -0.2) is 4.79 Å². The molecular formula is C46H33NO6S. The largest absolute Gasteiger partial charge is 0.503 e. The molecule has 0 bridgehead atoms. The van der Waals surface area contributed by atoms with Crippen LogP contribution in [-0.2, 0) is 0 Å². The van der Waals surface area contributed by atoms with Gasteiger partial charge in [0.25, 0.3) is 0 Å². The van der Waals surface area contributed by atoms with Crippen LogP contribution in [0.5, 0.6) is 11.5 Å². The number of anilines is 2. The highest BCUT2D eigenvalue weighted by atomic mass is 32.1. The van der Waals surface area contributed by atoms with Crippen molar-refractivity contribution in [3.8, 4) is 21.9 Å². The zero-order valence-corrected chi connectivity index (χ0v) is 29.7. The van der Waals surface area contributed by atoms with Crippen LogP contribution < -0.4 is 4.90 Å². The standard InChI is InChI=1S/C46H33NO6S/c48-41-33-20-16-30(46(52)53)24-36(33)42(49)37(41)25-40-43(50)44(51)45(54-40)29-17-21-39-35(23-29)32-12-7-13-38(32)47(39)31-18-14-26(15-19-31)22-34(27-8-3-1-4-9-27)28-10-5-2-6-11-28/h1-6,8-11,14-25,32,38,50-51H,7,12-13H2,(H,52,53)/b37-25+. The second-order valence-corrected chi connectivity index (χ2v) is 15.0. The predicted molar refractivity (Wildman–Crippen MR) is 212 cm³/mol. The smallest absolute Gasteiger partial charge is 0.335 e. The van der Waals surface area contributed by atoms with E-state index in [1.54, 1.807) is 0 Å². The Morgan fingerprint density at radius 1 is 0.722 bits per heavy atom. The number of thiophene rings is 1. The Bertz CT molecular complexity index is 2530. The van der Waals surface area contributed by atoms with Crippen molar-refractivity contribution in [1.82, 2.24) is 0 Å². The van der Waals surface area contributed by atoms with Crippen LogP contribution in [-0.4, -0.2) is 38.9 Å². The lowest BCUT2D eigenvalue weighted by molar-refractivity contribution is 0.0696. The van der Waals surface area contributed by atoms with Gasteiger partial charge in [-0.15, -0.1) is 11.3 Å². The molecule has 8 heteroatoms. The summed E-state index contributed by atoms with van der Waals surface area (Å²) in [5.41, 5.74) is 8.56. The second kappa shape index (κ2) is 13.2. The van der Waals surface area contributed by atoms with Gasteiger partial charge in [-0.2, -0.15) is 0 Å². The molecule has 0 radical (unpaired) electrons. The third-order valence-corrected chi connectivity index (χ3v) is 12.0. The van der Waals surface area contributed by atoms with Crippen molar-refractivity contribution in [2.45, 2.75) is 31.2 Å². The topological polar surface area (TPSA) is 115 Å². The Balaban J connectivity index is 1.03. The minimum absolute atomic E-state index is 0.0103. The molecule has 9 rings (SSSR count). The van der Waals surface area contributed by atoms with E-state index in [1.165, 1.54) is 29.8 Å². The van der Waals surface area contributed by atoms with Gasteiger partial charge in [0.05, 0.1) is 20.9 Å². The van der Waals surface area contributed by atoms with E-state index in [2.05, 4.69) is 95.9 Å². The number of carboxylic acids is 1. The molecule has 6 aromatic rings. The van der Waals surface area contributed by atoms with E-state index in [-0.39, 0.29) is 32.9 Å². The summed E-state index contributed by atoms with van der Waals surface area (Å²) < 4.78 is 0. The first-order chi connectivity index (χ1) is 26.3. The molecule has 1 saturated carbocycles. The molecule has 0 spiro atoms. The minimum atomic E-state index is -1.20. The van der Waals surface area contributed by atoms with Gasteiger partial charge in [0, 0.05) is 34.5 Å². The normalized spacial score (nSPS) is 17.8. The number of fused-ring (bicyclic) bond motifs is 4. The van der Waals surface area contributed by atoms with Crippen LogP contribution in [0.15, 0.2) is 127 Å². The Morgan fingerprint density at radius 2 is 1.41 bits per heavy atom. The molecule has 7 nitrogen and oxygen atoms in total. The number of carboxylic acid groups (broad SMARTS) is 1. The third-order valence-electron chi connectivity index (χ3n) is 10.8. The van der Waals surface area contributed by atoms with Crippen LogP contribution in [0.25, 0.3) is 28.2 Å². The molecule has 2 aliphatic carbocycles. The lowest BCUT2D eigenvalue weighted by Gasteiger charge is -2.27. The first-order valence-corrected chi connectivity index (χ1v) is 18.7. The number of aromatic hydroxyl groups is 2. The first-order valence-electron chi connectivity index (χ1n) is 17.9. The number of rotatable bonds is 7. The van der Waals surface area contributed by atoms with E-state index in [1.807, 2.05) is 18.2 Å². The van der Waals surface area contributed by atoms with Crippen molar-refractivity contribution >= 4 is 58.0 Å². The molecule has 2 unspecified atom stereocenters. The summed E-state index contributed by atoms with van der Waals surface area (Å²) in [6.45, 7) is 0. The maximum atomic E-state index is 13.2. The van der Waals surface area contributed by atoms with E-state index in [0.29, 0.717) is 16.8 Å². The average Bonchev–Trinajstić information content (AvgIpc) is 3.93. The molecule has 1 aliphatic heterocycles. The van der Waals surface area contributed by atoms with E-state index in [9.17, 15) is 29.7 Å². The SMILES string of the molecule is O=C(O)c1ccc2c(c1)C(=O)/C(=C/c1sc(-c3ccc4c(c3)C3CCCC3N4c3ccc(C=C(c4ccccc4)c4ccccc4)cc3)c(O)c1O)C2=O. The van der Waals surface area contributed by atoms with Gasteiger partial charge in [-0.3, -0.25) is 9.59 Å². The molecule has 3 aliphatic rings. The fourth-order valence-electron chi connectivity index (χ4n) is 8.24. The highest BCUT2D eigenvalue weighted by molar-refractivity contribution is 7.17. The van der Waals surface area contributed by atoms with Crippen molar-refractivity contribution in [1.29, 1.82) is 0 Å². The molecule has 0 amide bonds. The molecule has 1 aromatic heterocycles. The van der Waals surface area contributed by atoms with Crippen molar-refractivity contribution < 1.29 is 29.7 Å². The van der Waals surface area contributed by atoms with Gasteiger partial charge in [-0.1, -0.05) is 85.3 Å². The first kappa shape index (κ1) is 33.3. The minimum Gasteiger partial charge on any atom is -0.503 e. The van der Waals surface area contributed by atoms with Gasteiger partial charge >= 0.3 is 5.97 Å². The molecule has 54 heavy (non-hydrogen) atoms. The predicted octanol–water partition coefficient (Wildman–Crippen LogP) is 10.4. The fourth-order valence-corrected chi connectivity index (χ4v) is 9.27. The van der Waals surface area contributed by atoms with E-state index < -0.39 is 23.3 Å². The number of hydrogen-bond donors (Lipinski definition) is 3. The third kappa shape index (κ3) is 5.54. The molecule has 5 aromatic carbocycles. The van der Waals surface area contributed by atoms with Crippen LogP contribution in [0.2, 0.25) is 0 Å². The average molecular weight is 728 g/mol. The maximum absolute atomic E-state index is 13.2. The maximum Gasteiger partial charge on any atom is 0.335 e. The molecule has 1 fully saturated rings. The number of Topliss-reactive ketones (excluding diaryl/α,β-unsaturated/α-hetero) is 2. The van der Waals surface area contributed by atoms with E-state index >= 15 is 0 Å². The summed E-state index contributed by atoms with van der Waals surface area (Å²) in [7, 11) is 0. The van der Waals surface area contributed by atoms with E-state index in [0.717, 1.165) is 69.8 Å². The Labute approximate surface area is 315 Å². The Kier molecular flexibility index (Phi) is 8.13. The highest BCUT2D eigenvalue weighted by Crippen LogP contribution is 2.55. The van der Waals surface area contributed by atoms with Crippen molar-refractivity contribution in [3.63, 3.8) is 0 Å². The van der Waals surface area contributed by atoms with Gasteiger partial charge < -0.3 is 20.2 Å². The van der Waals surface area contributed by atoms with Gasteiger partial charge in [0.15, 0.2) is 23.1 Å².